The first-order valence-corrected chi connectivity index (χ1v) is 19.0. The third-order valence-corrected chi connectivity index (χ3v) is 9.73. The summed E-state index contributed by atoms with van der Waals surface area (Å²) in [4.78, 5) is 45.5. The first-order chi connectivity index (χ1) is 26.8. The van der Waals surface area contributed by atoms with Gasteiger partial charge in [0.25, 0.3) is 17.7 Å². The number of benzene rings is 4. The zero-order valence-electron chi connectivity index (χ0n) is 30.3. The second-order valence-electron chi connectivity index (χ2n) is 13.3. The molecular formula is C40H38N8O7S. The molecule has 0 aliphatic rings. The van der Waals surface area contributed by atoms with Gasteiger partial charge in [0.2, 0.25) is 5.82 Å². The number of nitrogens with one attached hydrogen (secondary N) is 4. The summed E-state index contributed by atoms with van der Waals surface area (Å²) in [5.41, 5.74) is 1.17. The van der Waals surface area contributed by atoms with Crippen molar-refractivity contribution in [2.75, 3.05) is 5.32 Å². The number of rotatable bonds is 15. The smallest absolute Gasteiger partial charge is 0.313 e. The van der Waals surface area contributed by atoms with Crippen LogP contribution in [-0.4, -0.2) is 69.0 Å². The van der Waals surface area contributed by atoms with Crippen LogP contribution in [0.5, 0.6) is 5.75 Å². The maximum absolute atomic E-state index is 14.0. The Balaban J connectivity index is 1.29. The Hall–Kier alpha value is -6.78. The molecular weight excluding hydrogens is 737 g/mol. The van der Waals surface area contributed by atoms with Gasteiger partial charge in [0.15, 0.2) is 6.10 Å². The van der Waals surface area contributed by atoms with E-state index in [1.165, 1.54) is 0 Å². The van der Waals surface area contributed by atoms with E-state index in [0.29, 0.717) is 28.2 Å². The van der Waals surface area contributed by atoms with Gasteiger partial charge in [0, 0.05) is 23.4 Å². The number of tetrazole rings is 1. The van der Waals surface area contributed by atoms with E-state index < -0.39 is 57.0 Å². The highest BCUT2D eigenvalue weighted by Gasteiger charge is 2.31. The molecule has 2 atom stereocenters. The normalized spacial score (nSPS) is 12.6. The molecule has 6 aromatic rings. The SMILES string of the molecule is CC(C)(NC(=O)c1cc(OS(=O)(=O)Cc2ccccc2)cc(C(=O)NC(Cc2ccccc2)[C@H](O)C(=O)Nc2cccc(-c3nn[nH]n3)c2)n1)c1ccccc1. The Morgan fingerprint density at radius 1 is 0.804 bits per heavy atom. The summed E-state index contributed by atoms with van der Waals surface area (Å²) in [6, 6.07) is 33.9. The quantitative estimate of drug-likeness (QED) is 0.0933. The van der Waals surface area contributed by atoms with Gasteiger partial charge in [-0.3, -0.25) is 14.4 Å². The highest BCUT2D eigenvalue weighted by Crippen LogP contribution is 2.24. The van der Waals surface area contributed by atoms with Gasteiger partial charge < -0.3 is 25.2 Å². The standard InChI is InChI=1S/C40H38N8O7S/c1-40(2,29-18-10-5-11-19-29)44-38(51)34-24-31(55-56(53,54)25-27-15-8-4-9-16-27)23-33(42-34)37(50)43-32(21-26-13-6-3-7-14-26)35(49)39(52)41-30-20-12-17-28(22-30)36-45-47-48-46-36/h3-20,22-24,32,35,49H,21,25H2,1-2H3,(H,41,52)(H,43,50)(H,44,51)(H,45,46,47,48)/t32?,35-/m0/s1. The van der Waals surface area contributed by atoms with Crippen LogP contribution in [0.4, 0.5) is 5.69 Å². The molecule has 0 saturated heterocycles. The van der Waals surface area contributed by atoms with Crippen LogP contribution >= 0.6 is 0 Å². The van der Waals surface area contributed by atoms with Crippen LogP contribution < -0.4 is 20.1 Å². The first-order valence-electron chi connectivity index (χ1n) is 17.4. The fourth-order valence-corrected chi connectivity index (χ4v) is 6.84. The lowest BCUT2D eigenvalue weighted by molar-refractivity contribution is -0.125. The van der Waals surface area contributed by atoms with Crippen molar-refractivity contribution < 1.29 is 32.1 Å². The largest absolute Gasteiger partial charge is 0.382 e. The van der Waals surface area contributed by atoms with Gasteiger partial charge in [-0.05, 0) is 54.3 Å². The number of H-pyrrole nitrogens is 1. The van der Waals surface area contributed by atoms with E-state index in [-0.39, 0.29) is 17.9 Å². The van der Waals surface area contributed by atoms with Crippen molar-refractivity contribution in [3.05, 3.63) is 155 Å². The highest BCUT2D eigenvalue weighted by atomic mass is 32.2. The van der Waals surface area contributed by atoms with Crippen LogP contribution in [0.1, 0.15) is 51.5 Å². The number of anilines is 1. The Morgan fingerprint density at radius 3 is 2.07 bits per heavy atom. The van der Waals surface area contributed by atoms with E-state index in [4.69, 9.17) is 4.18 Å². The Labute approximate surface area is 322 Å². The number of hydrogen-bond donors (Lipinski definition) is 5. The summed E-state index contributed by atoms with van der Waals surface area (Å²) in [5, 5.41) is 33.4. The van der Waals surface area contributed by atoms with Gasteiger partial charge in [0.1, 0.15) is 22.9 Å². The number of pyridine rings is 1. The lowest BCUT2D eigenvalue weighted by Gasteiger charge is -2.27. The van der Waals surface area contributed by atoms with E-state index >= 15 is 0 Å². The topological polar surface area (TPSA) is 218 Å². The zero-order chi connectivity index (χ0) is 39.7. The molecule has 2 aromatic heterocycles. The average molecular weight is 775 g/mol. The van der Waals surface area contributed by atoms with Crippen LogP contribution in [0, 0.1) is 0 Å². The number of aromatic amines is 1. The second-order valence-corrected chi connectivity index (χ2v) is 14.9. The predicted molar refractivity (Wildman–Crippen MR) is 207 cm³/mol. The van der Waals surface area contributed by atoms with E-state index in [0.717, 1.165) is 17.7 Å². The maximum Gasteiger partial charge on any atom is 0.313 e. The van der Waals surface area contributed by atoms with Gasteiger partial charge in [-0.25, -0.2) is 4.98 Å². The van der Waals surface area contributed by atoms with Crippen LogP contribution in [0.3, 0.4) is 0 Å². The summed E-state index contributed by atoms with van der Waals surface area (Å²) >= 11 is 0. The fraction of sp³-hybridized carbons (Fsp3) is 0.175. The van der Waals surface area contributed by atoms with Gasteiger partial charge in [-0.2, -0.15) is 13.6 Å². The summed E-state index contributed by atoms with van der Waals surface area (Å²) in [6.45, 7) is 3.56. The van der Waals surface area contributed by atoms with Crippen molar-refractivity contribution in [1.29, 1.82) is 0 Å². The maximum atomic E-state index is 14.0. The van der Waals surface area contributed by atoms with Crippen LogP contribution in [0.25, 0.3) is 11.4 Å². The van der Waals surface area contributed by atoms with E-state index in [1.807, 2.05) is 30.3 Å². The Kier molecular flexibility index (Phi) is 11.9. The second kappa shape index (κ2) is 17.1. The summed E-state index contributed by atoms with van der Waals surface area (Å²) in [7, 11) is -4.28. The third kappa shape index (κ3) is 10.2. The number of amides is 3. The van der Waals surface area contributed by atoms with E-state index in [1.54, 1.807) is 98.8 Å². The van der Waals surface area contributed by atoms with Crippen molar-refractivity contribution >= 4 is 33.5 Å². The van der Waals surface area contributed by atoms with Crippen molar-refractivity contribution in [1.82, 2.24) is 36.2 Å². The first kappa shape index (κ1) is 38.9. The fourth-order valence-electron chi connectivity index (χ4n) is 5.79. The number of carbonyl (C=O) groups is 3. The molecule has 3 amide bonds. The molecule has 1 unspecified atom stereocenters. The minimum Gasteiger partial charge on any atom is -0.382 e. The molecule has 4 aromatic carbocycles. The highest BCUT2D eigenvalue weighted by molar-refractivity contribution is 7.86. The molecule has 0 spiro atoms. The molecule has 2 heterocycles. The number of aromatic nitrogens is 5. The van der Waals surface area contributed by atoms with Gasteiger partial charge in [-0.1, -0.05) is 103 Å². The van der Waals surface area contributed by atoms with Crippen LogP contribution in [0.15, 0.2) is 127 Å². The summed E-state index contributed by atoms with van der Waals surface area (Å²) in [5.74, 6) is -3.01. The molecule has 0 aliphatic carbocycles. The van der Waals surface area contributed by atoms with Gasteiger partial charge in [0.05, 0.1) is 11.6 Å². The Morgan fingerprint density at radius 2 is 1.43 bits per heavy atom. The third-order valence-electron chi connectivity index (χ3n) is 8.59. The number of aliphatic hydroxyl groups excluding tert-OH is 1. The minimum absolute atomic E-state index is 0.00429. The average Bonchev–Trinajstić information content (AvgIpc) is 3.73. The van der Waals surface area contributed by atoms with Crippen molar-refractivity contribution in [2.45, 2.75) is 43.7 Å². The summed E-state index contributed by atoms with van der Waals surface area (Å²) < 4.78 is 31.8. The van der Waals surface area contributed by atoms with Crippen molar-refractivity contribution in [2.24, 2.45) is 0 Å². The summed E-state index contributed by atoms with van der Waals surface area (Å²) in [6.07, 6.45) is -1.79. The molecule has 286 valence electrons. The minimum atomic E-state index is -4.28. The van der Waals surface area contributed by atoms with Gasteiger partial charge in [-0.15, -0.1) is 10.2 Å². The number of hydrogen-bond acceptors (Lipinski definition) is 11. The molecule has 0 saturated carbocycles. The lowest BCUT2D eigenvalue weighted by atomic mass is 9.94. The number of nitrogens with zero attached hydrogens (tertiary/aromatic N) is 4. The molecule has 15 nitrogen and oxygen atoms in total. The van der Waals surface area contributed by atoms with Crippen molar-refractivity contribution in [3.63, 3.8) is 0 Å². The zero-order valence-corrected chi connectivity index (χ0v) is 31.1. The number of carbonyl (C=O) groups excluding carboxylic acids is 3. The molecule has 0 aliphatic heterocycles. The van der Waals surface area contributed by atoms with Crippen molar-refractivity contribution in [3.8, 4) is 17.1 Å². The number of aliphatic hydroxyl groups is 1. The van der Waals surface area contributed by atoms with E-state index in [2.05, 4.69) is 41.6 Å². The van der Waals surface area contributed by atoms with Crippen LogP contribution in [0.2, 0.25) is 0 Å². The lowest BCUT2D eigenvalue weighted by Crippen LogP contribution is -2.50. The van der Waals surface area contributed by atoms with Crippen LogP contribution in [-0.2, 0) is 32.6 Å². The molecule has 56 heavy (non-hydrogen) atoms. The predicted octanol–water partition coefficient (Wildman–Crippen LogP) is 4.18. The molecule has 16 heteroatoms. The van der Waals surface area contributed by atoms with Gasteiger partial charge >= 0.3 is 10.1 Å². The monoisotopic (exact) mass is 774 g/mol. The molecule has 0 fully saturated rings. The molecule has 6 rings (SSSR count). The van der Waals surface area contributed by atoms with E-state index in [9.17, 15) is 27.9 Å². The molecule has 5 N–H and O–H groups in total. The molecule has 0 bridgehead atoms. The molecule has 0 radical (unpaired) electrons. The Bertz CT molecular complexity index is 2400.